The second-order valence-electron chi connectivity index (χ2n) is 14.3. The molecular formula is C38H48FN3O5. The number of amides is 1. The van der Waals surface area contributed by atoms with Crippen LogP contribution in [0.5, 0.6) is 0 Å². The van der Waals surface area contributed by atoms with Crippen LogP contribution in [0.25, 0.3) is 33.3 Å². The minimum absolute atomic E-state index is 0.0129. The lowest BCUT2D eigenvalue weighted by atomic mass is 9.84. The number of carboxylic acid groups (broad SMARTS) is 1. The van der Waals surface area contributed by atoms with Crippen molar-refractivity contribution in [1.82, 2.24) is 14.9 Å². The molecule has 1 amide bonds. The number of ether oxygens (including phenoxy) is 1. The van der Waals surface area contributed by atoms with E-state index in [1.807, 2.05) is 38.2 Å². The summed E-state index contributed by atoms with van der Waals surface area (Å²) in [5.74, 6) is -1.02. The molecule has 252 valence electrons. The largest absolute Gasteiger partial charge is 0.480 e. The number of aliphatic hydroxyl groups is 1. The van der Waals surface area contributed by atoms with Gasteiger partial charge in [-0.15, -0.1) is 0 Å². The molecule has 4 aromatic rings. The first-order chi connectivity index (χ1) is 22.1. The maximum Gasteiger partial charge on any atom is 0.408 e. The van der Waals surface area contributed by atoms with E-state index in [0.717, 1.165) is 51.1 Å². The van der Waals surface area contributed by atoms with Crippen molar-refractivity contribution in [2.24, 2.45) is 5.41 Å². The van der Waals surface area contributed by atoms with Crippen molar-refractivity contribution in [3.63, 3.8) is 0 Å². The van der Waals surface area contributed by atoms with Gasteiger partial charge in [-0.05, 0) is 104 Å². The number of aliphatic carboxylic acids is 1. The first kappa shape index (κ1) is 35.6. The van der Waals surface area contributed by atoms with Gasteiger partial charge in [-0.3, -0.25) is 4.98 Å². The van der Waals surface area contributed by atoms with Gasteiger partial charge in [-0.1, -0.05) is 45.9 Å². The zero-order chi connectivity index (χ0) is 34.7. The molecule has 0 aliphatic heterocycles. The number of pyridine rings is 1. The Morgan fingerprint density at radius 2 is 1.72 bits per heavy atom. The number of carboxylic acids is 1. The molecule has 2 aromatic carbocycles. The van der Waals surface area contributed by atoms with Gasteiger partial charge in [0.15, 0.2) is 0 Å². The number of fused-ring (bicyclic) bond motifs is 1. The lowest BCUT2D eigenvalue weighted by Gasteiger charge is -2.23. The van der Waals surface area contributed by atoms with Crippen LogP contribution in [0, 0.1) is 5.41 Å². The van der Waals surface area contributed by atoms with Crippen LogP contribution < -0.4 is 5.32 Å². The molecule has 1 atom stereocenters. The number of alkyl carbamates (subject to hydrolysis) is 1. The number of aromatic nitrogens is 2. The molecule has 2 heterocycles. The Balaban J connectivity index is 1.87. The van der Waals surface area contributed by atoms with Crippen molar-refractivity contribution in [2.75, 3.05) is 6.61 Å². The number of aliphatic hydroxyl groups excluding tert-OH is 1. The SMILES string of the molecule is CCn1c(-c2cccnc2C(C)C)c(CC(C)(C)CO)c2cc(-c3cc(CF)cc(C[C@H](NC(=O)OC(C)(C)C)C(=O)O)c3)ccc21. The third-order valence-electron chi connectivity index (χ3n) is 8.18. The molecule has 0 fully saturated rings. The molecule has 8 nitrogen and oxygen atoms in total. The number of nitrogens with zero attached hydrogens (tertiary/aromatic N) is 2. The zero-order valence-corrected chi connectivity index (χ0v) is 28.8. The molecule has 0 spiro atoms. The number of aryl methyl sites for hydroxylation is 1. The van der Waals surface area contributed by atoms with Crippen molar-refractivity contribution in [3.8, 4) is 22.4 Å². The molecule has 0 aliphatic carbocycles. The van der Waals surface area contributed by atoms with Crippen LogP contribution in [0.4, 0.5) is 9.18 Å². The van der Waals surface area contributed by atoms with Crippen LogP contribution in [0.1, 0.15) is 83.7 Å². The summed E-state index contributed by atoms with van der Waals surface area (Å²) in [5.41, 5.74) is 6.66. The van der Waals surface area contributed by atoms with E-state index >= 15 is 0 Å². The zero-order valence-electron chi connectivity index (χ0n) is 28.8. The second-order valence-corrected chi connectivity index (χ2v) is 14.3. The first-order valence-corrected chi connectivity index (χ1v) is 16.2. The van der Waals surface area contributed by atoms with Crippen LogP contribution in [0.3, 0.4) is 0 Å². The molecule has 0 bridgehead atoms. The van der Waals surface area contributed by atoms with Gasteiger partial charge in [0, 0.05) is 42.2 Å². The molecule has 0 radical (unpaired) electrons. The quantitative estimate of drug-likeness (QED) is 0.144. The minimum Gasteiger partial charge on any atom is -0.480 e. The normalized spacial score (nSPS) is 12.8. The summed E-state index contributed by atoms with van der Waals surface area (Å²) in [5, 5.41) is 23.7. The number of rotatable bonds is 12. The number of nitrogens with one attached hydrogen (secondary N) is 1. The summed E-state index contributed by atoms with van der Waals surface area (Å²) < 4.78 is 21.8. The summed E-state index contributed by atoms with van der Waals surface area (Å²) >= 11 is 0. The Hall–Kier alpha value is -4.24. The van der Waals surface area contributed by atoms with E-state index in [0.29, 0.717) is 17.5 Å². The topological polar surface area (TPSA) is 114 Å². The van der Waals surface area contributed by atoms with Gasteiger partial charge in [0.25, 0.3) is 0 Å². The molecule has 0 aliphatic rings. The molecule has 2 aromatic heterocycles. The predicted molar refractivity (Wildman–Crippen MR) is 184 cm³/mol. The average molecular weight is 646 g/mol. The minimum atomic E-state index is -1.27. The number of halogens is 1. The Morgan fingerprint density at radius 3 is 2.32 bits per heavy atom. The summed E-state index contributed by atoms with van der Waals surface area (Å²) in [7, 11) is 0. The standard InChI is InChI=1S/C38H48FN3O5/c1-9-42-32-13-12-26(19-29(32)30(20-38(7,8)22-43)34(42)28-11-10-14-40-33(28)23(2)3)27-16-24(15-25(17-27)21-39)18-31(35(44)45)41-36(46)47-37(4,5)6/h10-17,19,23,31,43H,9,18,20-22H2,1-8H3,(H,41,46)(H,44,45)/t31-/m0/s1. The third-order valence-corrected chi connectivity index (χ3v) is 8.18. The average Bonchev–Trinajstić information content (AvgIpc) is 3.31. The highest BCUT2D eigenvalue weighted by molar-refractivity contribution is 5.95. The van der Waals surface area contributed by atoms with Crippen molar-refractivity contribution < 1.29 is 28.9 Å². The molecule has 9 heteroatoms. The van der Waals surface area contributed by atoms with Crippen molar-refractivity contribution in [1.29, 1.82) is 0 Å². The van der Waals surface area contributed by atoms with E-state index in [1.165, 1.54) is 0 Å². The second kappa shape index (κ2) is 14.3. The van der Waals surface area contributed by atoms with E-state index in [2.05, 4.69) is 48.9 Å². The van der Waals surface area contributed by atoms with Gasteiger partial charge in [-0.25, -0.2) is 14.0 Å². The van der Waals surface area contributed by atoms with E-state index in [9.17, 15) is 24.2 Å². The predicted octanol–water partition coefficient (Wildman–Crippen LogP) is 8.06. The number of hydrogen-bond acceptors (Lipinski definition) is 5. The molecule has 0 saturated heterocycles. The summed E-state index contributed by atoms with van der Waals surface area (Å²) in [6, 6.07) is 14.2. The molecule has 47 heavy (non-hydrogen) atoms. The fourth-order valence-corrected chi connectivity index (χ4v) is 6.04. The summed E-state index contributed by atoms with van der Waals surface area (Å²) in [6.07, 6.45) is 1.55. The number of benzene rings is 2. The van der Waals surface area contributed by atoms with E-state index in [-0.39, 0.29) is 18.9 Å². The van der Waals surface area contributed by atoms with Crippen LogP contribution in [0.15, 0.2) is 54.7 Å². The Bertz CT molecular complexity index is 1750. The van der Waals surface area contributed by atoms with Gasteiger partial charge < -0.3 is 24.8 Å². The smallest absolute Gasteiger partial charge is 0.408 e. The maximum absolute atomic E-state index is 14.2. The number of alkyl halides is 1. The van der Waals surface area contributed by atoms with Gasteiger partial charge in [0.1, 0.15) is 18.3 Å². The maximum atomic E-state index is 14.2. The number of carbonyl (C=O) groups excluding carboxylic acids is 1. The van der Waals surface area contributed by atoms with Crippen molar-refractivity contribution in [3.05, 3.63) is 77.1 Å². The monoisotopic (exact) mass is 645 g/mol. The highest BCUT2D eigenvalue weighted by Crippen LogP contribution is 2.41. The molecule has 4 rings (SSSR count). The van der Waals surface area contributed by atoms with Crippen molar-refractivity contribution in [2.45, 2.75) is 99.0 Å². The number of hydrogen-bond donors (Lipinski definition) is 3. The highest BCUT2D eigenvalue weighted by atomic mass is 19.1. The van der Waals surface area contributed by atoms with E-state index in [4.69, 9.17) is 9.72 Å². The van der Waals surface area contributed by atoms with Crippen LogP contribution in [0.2, 0.25) is 0 Å². The van der Waals surface area contributed by atoms with Crippen LogP contribution in [-0.2, 0) is 35.6 Å². The van der Waals surface area contributed by atoms with E-state index < -0.39 is 35.8 Å². The first-order valence-electron chi connectivity index (χ1n) is 16.2. The van der Waals surface area contributed by atoms with Gasteiger partial charge in [0.2, 0.25) is 0 Å². The summed E-state index contributed by atoms with van der Waals surface area (Å²) in [4.78, 5) is 29.3. The Morgan fingerprint density at radius 1 is 1.02 bits per heavy atom. The van der Waals surface area contributed by atoms with Gasteiger partial charge in [0.05, 0.1) is 11.4 Å². The lowest BCUT2D eigenvalue weighted by Crippen LogP contribution is -2.44. The van der Waals surface area contributed by atoms with Crippen LogP contribution in [-0.4, -0.2) is 50.1 Å². The molecule has 3 N–H and O–H groups in total. The van der Waals surface area contributed by atoms with E-state index in [1.54, 1.807) is 32.9 Å². The third kappa shape index (κ3) is 8.38. The summed E-state index contributed by atoms with van der Waals surface area (Å²) in [6.45, 7) is 15.6. The van der Waals surface area contributed by atoms with Crippen molar-refractivity contribution >= 4 is 23.0 Å². The molecule has 0 unspecified atom stereocenters. The number of carbonyl (C=O) groups is 2. The van der Waals surface area contributed by atoms with Gasteiger partial charge >= 0.3 is 12.1 Å². The Kier molecular flexibility index (Phi) is 10.8. The molecular weight excluding hydrogens is 597 g/mol. The Labute approximate surface area is 277 Å². The molecule has 0 saturated carbocycles. The lowest BCUT2D eigenvalue weighted by molar-refractivity contribution is -0.139. The highest BCUT2D eigenvalue weighted by Gasteiger charge is 2.28. The van der Waals surface area contributed by atoms with Gasteiger partial charge in [-0.2, -0.15) is 0 Å². The fraction of sp³-hybridized carbons (Fsp3) is 0.447. The fourth-order valence-electron chi connectivity index (χ4n) is 6.04. The van der Waals surface area contributed by atoms with Crippen LogP contribution >= 0.6 is 0 Å².